The fraction of sp³-hybridized carbons (Fsp3) is 0.375. The zero-order valence-electron chi connectivity index (χ0n) is 7.44. The standard InChI is InChI=1S/C8H11N5/c1-2-3-6-11-7-4-5-10-13(7)8(9)12-6/h4-5H,2-3H2,1H3,(H2,9,11,12). The van der Waals surface area contributed by atoms with Crippen LogP contribution in [0.3, 0.4) is 0 Å². The Balaban J connectivity index is 2.56. The highest BCUT2D eigenvalue weighted by Crippen LogP contribution is 2.05. The van der Waals surface area contributed by atoms with Gasteiger partial charge in [0.2, 0.25) is 5.95 Å². The summed E-state index contributed by atoms with van der Waals surface area (Å²) in [6, 6.07) is 1.82. The highest BCUT2D eigenvalue weighted by Gasteiger charge is 2.03. The number of nitrogens with two attached hydrogens (primary N) is 1. The third kappa shape index (κ3) is 1.32. The van der Waals surface area contributed by atoms with E-state index in [1.165, 1.54) is 4.52 Å². The molecule has 2 aromatic rings. The van der Waals surface area contributed by atoms with Crippen molar-refractivity contribution in [3.63, 3.8) is 0 Å². The van der Waals surface area contributed by atoms with E-state index in [1.807, 2.05) is 6.07 Å². The van der Waals surface area contributed by atoms with Crippen molar-refractivity contribution in [2.75, 3.05) is 5.73 Å². The van der Waals surface area contributed by atoms with Crippen LogP contribution in [0.4, 0.5) is 5.95 Å². The minimum absolute atomic E-state index is 0.401. The second kappa shape index (κ2) is 3.01. The first-order valence-corrected chi connectivity index (χ1v) is 4.27. The smallest absolute Gasteiger partial charge is 0.224 e. The zero-order chi connectivity index (χ0) is 9.26. The quantitative estimate of drug-likeness (QED) is 0.731. The minimum atomic E-state index is 0.401. The molecule has 0 aliphatic carbocycles. The molecule has 0 saturated heterocycles. The molecule has 2 rings (SSSR count). The minimum Gasteiger partial charge on any atom is -0.368 e. The lowest BCUT2D eigenvalue weighted by Gasteiger charge is -2.00. The van der Waals surface area contributed by atoms with Crippen LogP contribution in [0.5, 0.6) is 0 Å². The van der Waals surface area contributed by atoms with Crippen LogP contribution in [0.2, 0.25) is 0 Å². The third-order valence-corrected chi connectivity index (χ3v) is 1.80. The molecule has 0 fully saturated rings. The zero-order valence-corrected chi connectivity index (χ0v) is 7.44. The summed E-state index contributed by atoms with van der Waals surface area (Å²) in [5.74, 6) is 1.19. The lowest BCUT2D eigenvalue weighted by atomic mass is 10.3. The molecule has 0 atom stereocenters. The molecule has 0 aliphatic rings. The Morgan fingerprint density at radius 3 is 3.08 bits per heavy atom. The van der Waals surface area contributed by atoms with Crippen LogP contribution in [0.25, 0.3) is 5.65 Å². The van der Waals surface area contributed by atoms with Crippen LogP contribution in [0.15, 0.2) is 12.3 Å². The van der Waals surface area contributed by atoms with Crippen molar-refractivity contribution in [3.8, 4) is 0 Å². The summed E-state index contributed by atoms with van der Waals surface area (Å²) in [5, 5.41) is 3.99. The van der Waals surface area contributed by atoms with Crippen molar-refractivity contribution in [3.05, 3.63) is 18.1 Å². The van der Waals surface area contributed by atoms with E-state index >= 15 is 0 Å². The highest BCUT2D eigenvalue weighted by atomic mass is 15.3. The van der Waals surface area contributed by atoms with Crippen LogP contribution in [-0.2, 0) is 6.42 Å². The molecule has 0 amide bonds. The van der Waals surface area contributed by atoms with Crippen LogP contribution in [0, 0.1) is 0 Å². The number of nitrogens with zero attached hydrogens (tertiary/aromatic N) is 4. The average Bonchev–Trinajstić information content (AvgIpc) is 2.53. The van der Waals surface area contributed by atoms with Crippen LogP contribution in [0.1, 0.15) is 19.2 Å². The Bertz CT molecular complexity index is 419. The summed E-state index contributed by atoms with van der Waals surface area (Å²) in [4.78, 5) is 8.43. The van der Waals surface area contributed by atoms with Gasteiger partial charge in [-0.15, -0.1) is 0 Å². The molecule has 0 spiro atoms. The molecule has 13 heavy (non-hydrogen) atoms. The van der Waals surface area contributed by atoms with E-state index in [4.69, 9.17) is 5.73 Å². The van der Waals surface area contributed by atoms with Crippen molar-refractivity contribution in [2.45, 2.75) is 19.8 Å². The predicted molar refractivity (Wildman–Crippen MR) is 49.2 cm³/mol. The summed E-state index contributed by atoms with van der Waals surface area (Å²) >= 11 is 0. The van der Waals surface area contributed by atoms with E-state index in [-0.39, 0.29) is 0 Å². The summed E-state index contributed by atoms with van der Waals surface area (Å²) in [7, 11) is 0. The number of hydrogen-bond donors (Lipinski definition) is 1. The van der Waals surface area contributed by atoms with E-state index in [0.29, 0.717) is 5.95 Å². The SMILES string of the molecule is CCCc1nc(N)n2nccc2n1. The highest BCUT2D eigenvalue weighted by molar-refractivity contribution is 5.41. The molecule has 0 saturated carbocycles. The van der Waals surface area contributed by atoms with Gasteiger partial charge in [-0.2, -0.15) is 14.6 Å². The van der Waals surface area contributed by atoms with Gasteiger partial charge in [-0.25, -0.2) is 4.98 Å². The molecule has 5 nitrogen and oxygen atoms in total. The van der Waals surface area contributed by atoms with Crippen LogP contribution in [-0.4, -0.2) is 19.6 Å². The van der Waals surface area contributed by atoms with Crippen molar-refractivity contribution in [1.82, 2.24) is 19.6 Å². The van der Waals surface area contributed by atoms with Crippen molar-refractivity contribution in [2.24, 2.45) is 0 Å². The van der Waals surface area contributed by atoms with E-state index in [1.54, 1.807) is 6.20 Å². The van der Waals surface area contributed by atoms with Gasteiger partial charge in [0.1, 0.15) is 5.82 Å². The van der Waals surface area contributed by atoms with Gasteiger partial charge in [0.15, 0.2) is 5.65 Å². The van der Waals surface area contributed by atoms with Gasteiger partial charge in [-0.1, -0.05) is 6.92 Å². The van der Waals surface area contributed by atoms with Gasteiger partial charge in [0.05, 0.1) is 6.20 Å². The molecule has 0 aliphatic heterocycles. The van der Waals surface area contributed by atoms with E-state index in [9.17, 15) is 0 Å². The lowest BCUT2D eigenvalue weighted by molar-refractivity contribution is 0.805. The summed E-state index contributed by atoms with van der Waals surface area (Å²) in [5.41, 5.74) is 6.44. The molecule has 2 heterocycles. The number of anilines is 1. The summed E-state index contributed by atoms with van der Waals surface area (Å²) in [6.07, 6.45) is 3.53. The Labute approximate surface area is 75.6 Å². The third-order valence-electron chi connectivity index (χ3n) is 1.80. The Morgan fingerprint density at radius 2 is 2.31 bits per heavy atom. The molecular weight excluding hydrogens is 166 g/mol. The van der Waals surface area contributed by atoms with Gasteiger partial charge in [0.25, 0.3) is 0 Å². The molecule has 0 aromatic carbocycles. The van der Waals surface area contributed by atoms with E-state index in [2.05, 4.69) is 22.0 Å². The second-order valence-corrected chi connectivity index (χ2v) is 2.85. The van der Waals surface area contributed by atoms with Gasteiger partial charge in [-0.05, 0) is 6.42 Å². The summed E-state index contributed by atoms with van der Waals surface area (Å²) in [6.45, 7) is 2.08. The molecule has 0 unspecified atom stereocenters. The maximum atomic E-state index is 5.68. The van der Waals surface area contributed by atoms with E-state index < -0.39 is 0 Å². The predicted octanol–water partition coefficient (Wildman–Crippen LogP) is 0.659. The maximum Gasteiger partial charge on any atom is 0.224 e. The second-order valence-electron chi connectivity index (χ2n) is 2.85. The first-order valence-electron chi connectivity index (χ1n) is 4.27. The molecule has 2 aromatic heterocycles. The lowest BCUT2D eigenvalue weighted by Crippen LogP contribution is -2.07. The van der Waals surface area contributed by atoms with Gasteiger partial charge >= 0.3 is 0 Å². The number of aromatic nitrogens is 4. The van der Waals surface area contributed by atoms with Crippen LogP contribution < -0.4 is 5.73 Å². The monoisotopic (exact) mass is 177 g/mol. The number of rotatable bonds is 2. The Hall–Kier alpha value is -1.65. The Morgan fingerprint density at radius 1 is 1.46 bits per heavy atom. The average molecular weight is 177 g/mol. The van der Waals surface area contributed by atoms with Crippen LogP contribution >= 0.6 is 0 Å². The van der Waals surface area contributed by atoms with E-state index in [0.717, 1.165) is 24.3 Å². The van der Waals surface area contributed by atoms with Gasteiger partial charge < -0.3 is 5.73 Å². The van der Waals surface area contributed by atoms with Gasteiger partial charge in [0, 0.05) is 12.5 Å². The number of aryl methyl sites for hydroxylation is 1. The normalized spacial score (nSPS) is 10.8. The maximum absolute atomic E-state index is 5.68. The number of nitrogen functional groups attached to an aromatic ring is 1. The fourth-order valence-corrected chi connectivity index (χ4v) is 1.23. The largest absolute Gasteiger partial charge is 0.368 e. The first kappa shape index (κ1) is 7.97. The Kier molecular flexibility index (Phi) is 1.84. The summed E-state index contributed by atoms with van der Waals surface area (Å²) < 4.78 is 1.53. The molecule has 0 radical (unpaired) electrons. The van der Waals surface area contributed by atoms with Gasteiger partial charge in [-0.3, -0.25) is 0 Å². The first-order chi connectivity index (χ1) is 6.31. The number of fused-ring (bicyclic) bond motifs is 1. The molecule has 68 valence electrons. The van der Waals surface area contributed by atoms with Crippen molar-refractivity contribution in [1.29, 1.82) is 0 Å². The molecule has 0 bridgehead atoms. The topological polar surface area (TPSA) is 69.1 Å². The van der Waals surface area contributed by atoms with Crippen molar-refractivity contribution < 1.29 is 0 Å². The van der Waals surface area contributed by atoms with Crippen molar-refractivity contribution >= 4 is 11.6 Å². The number of hydrogen-bond acceptors (Lipinski definition) is 4. The molecule has 2 N–H and O–H groups in total. The molecule has 5 heteroatoms. The molecular formula is C8H11N5. The fourth-order valence-electron chi connectivity index (χ4n) is 1.23.